The van der Waals surface area contributed by atoms with E-state index in [-0.39, 0.29) is 11.7 Å². The zero-order chi connectivity index (χ0) is 9.97. The number of benzene rings is 1. The maximum Gasteiger partial charge on any atom is 0.251 e. The third kappa shape index (κ3) is 2.31. The Morgan fingerprint density at radius 3 is 2.57 bits per heavy atom. The van der Waals surface area contributed by atoms with Crippen molar-refractivity contribution in [3.8, 4) is 0 Å². The molecule has 0 aromatic heterocycles. The highest BCUT2D eigenvalue weighted by Gasteiger charge is 2.21. The van der Waals surface area contributed by atoms with Gasteiger partial charge < -0.3 is 5.32 Å². The molecule has 1 aliphatic carbocycles. The van der Waals surface area contributed by atoms with Gasteiger partial charge in [-0.05, 0) is 43.0 Å². The molecule has 0 radical (unpaired) electrons. The quantitative estimate of drug-likeness (QED) is 0.781. The van der Waals surface area contributed by atoms with E-state index in [9.17, 15) is 9.18 Å². The molecule has 0 saturated heterocycles. The Labute approximate surface area is 82.1 Å². The number of hydrogen-bond acceptors (Lipinski definition) is 1. The Bertz CT molecular complexity index is 330. The van der Waals surface area contributed by atoms with Gasteiger partial charge in [-0.25, -0.2) is 4.39 Å². The summed E-state index contributed by atoms with van der Waals surface area (Å²) >= 11 is 0. The lowest BCUT2D eigenvalue weighted by Gasteiger charge is -2.03. The molecule has 2 nitrogen and oxygen atoms in total. The van der Waals surface area contributed by atoms with Gasteiger partial charge in [-0.15, -0.1) is 0 Å². The average Bonchev–Trinajstić information content (AvgIpc) is 2.99. The average molecular weight is 193 g/mol. The Morgan fingerprint density at radius 2 is 2.00 bits per heavy atom. The Hall–Kier alpha value is -1.38. The maximum absolute atomic E-state index is 12.5. The fraction of sp³-hybridized carbons (Fsp3) is 0.364. The Morgan fingerprint density at radius 1 is 1.36 bits per heavy atom. The van der Waals surface area contributed by atoms with Crippen LogP contribution in [-0.4, -0.2) is 12.5 Å². The third-order valence-corrected chi connectivity index (χ3v) is 2.35. The van der Waals surface area contributed by atoms with Crippen LogP contribution >= 0.6 is 0 Å². The molecule has 0 unspecified atom stereocenters. The maximum atomic E-state index is 12.5. The highest BCUT2D eigenvalue weighted by molar-refractivity contribution is 5.94. The zero-order valence-corrected chi connectivity index (χ0v) is 7.79. The number of carbonyl (C=O) groups excluding carboxylic acids is 1. The normalized spacial score (nSPS) is 15.2. The summed E-state index contributed by atoms with van der Waals surface area (Å²) < 4.78 is 12.5. The molecule has 1 aromatic carbocycles. The van der Waals surface area contributed by atoms with Crippen LogP contribution < -0.4 is 5.32 Å². The van der Waals surface area contributed by atoms with Crippen LogP contribution in [0.25, 0.3) is 0 Å². The minimum absolute atomic E-state index is 0.114. The van der Waals surface area contributed by atoms with Crippen LogP contribution in [0.4, 0.5) is 4.39 Å². The lowest BCUT2D eigenvalue weighted by Crippen LogP contribution is -2.25. The molecule has 3 heteroatoms. The monoisotopic (exact) mass is 193 g/mol. The molecule has 0 bridgehead atoms. The summed E-state index contributed by atoms with van der Waals surface area (Å²) in [5, 5.41) is 2.82. The van der Waals surface area contributed by atoms with Gasteiger partial charge >= 0.3 is 0 Å². The van der Waals surface area contributed by atoms with Crippen molar-refractivity contribution in [2.45, 2.75) is 12.8 Å². The van der Waals surface area contributed by atoms with E-state index in [2.05, 4.69) is 5.32 Å². The van der Waals surface area contributed by atoms with E-state index in [4.69, 9.17) is 0 Å². The minimum atomic E-state index is -0.316. The fourth-order valence-corrected chi connectivity index (χ4v) is 1.26. The molecule has 0 aliphatic heterocycles. The van der Waals surface area contributed by atoms with Crippen molar-refractivity contribution in [1.82, 2.24) is 5.32 Å². The van der Waals surface area contributed by atoms with Crippen LogP contribution in [0.5, 0.6) is 0 Å². The van der Waals surface area contributed by atoms with Crippen molar-refractivity contribution in [3.63, 3.8) is 0 Å². The minimum Gasteiger partial charge on any atom is -0.352 e. The van der Waals surface area contributed by atoms with E-state index >= 15 is 0 Å². The van der Waals surface area contributed by atoms with Crippen LogP contribution in [0.2, 0.25) is 0 Å². The highest BCUT2D eigenvalue weighted by atomic mass is 19.1. The summed E-state index contributed by atoms with van der Waals surface area (Å²) in [7, 11) is 0. The summed E-state index contributed by atoms with van der Waals surface area (Å²) in [5.41, 5.74) is 0.520. The fourth-order valence-electron chi connectivity index (χ4n) is 1.26. The number of rotatable bonds is 3. The lowest BCUT2D eigenvalue weighted by molar-refractivity contribution is 0.0952. The molecule has 1 amide bonds. The van der Waals surface area contributed by atoms with Gasteiger partial charge in [-0.2, -0.15) is 0 Å². The van der Waals surface area contributed by atoms with E-state index in [1.54, 1.807) is 0 Å². The van der Waals surface area contributed by atoms with Crippen molar-refractivity contribution in [1.29, 1.82) is 0 Å². The number of hydrogen-bond donors (Lipinski definition) is 1. The Balaban J connectivity index is 1.92. The highest BCUT2D eigenvalue weighted by Crippen LogP contribution is 2.27. The number of amides is 1. The van der Waals surface area contributed by atoms with Crippen LogP contribution in [0.15, 0.2) is 24.3 Å². The Kier molecular flexibility index (Phi) is 2.48. The first kappa shape index (κ1) is 9.19. The van der Waals surface area contributed by atoms with Gasteiger partial charge in [-0.3, -0.25) is 4.79 Å². The first-order valence-corrected chi connectivity index (χ1v) is 4.79. The summed E-state index contributed by atoms with van der Waals surface area (Å²) in [5.74, 6) is 0.236. The molecule has 0 atom stereocenters. The van der Waals surface area contributed by atoms with Gasteiger partial charge in [0.15, 0.2) is 0 Å². The number of carbonyl (C=O) groups is 1. The molecule has 2 rings (SSSR count). The van der Waals surface area contributed by atoms with Crippen molar-refractivity contribution in [3.05, 3.63) is 35.6 Å². The summed E-state index contributed by atoms with van der Waals surface area (Å²) in [6.07, 6.45) is 2.42. The smallest absolute Gasteiger partial charge is 0.251 e. The number of halogens is 1. The lowest BCUT2D eigenvalue weighted by atomic mass is 10.2. The van der Waals surface area contributed by atoms with Gasteiger partial charge in [0.2, 0.25) is 0 Å². The van der Waals surface area contributed by atoms with Crippen LogP contribution in [0, 0.1) is 11.7 Å². The van der Waals surface area contributed by atoms with Crippen LogP contribution in [0.1, 0.15) is 23.2 Å². The van der Waals surface area contributed by atoms with Crippen molar-refractivity contribution in [2.24, 2.45) is 5.92 Å². The van der Waals surface area contributed by atoms with Crippen LogP contribution in [-0.2, 0) is 0 Å². The molecule has 0 heterocycles. The molecule has 1 aliphatic rings. The van der Waals surface area contributed by atoms with Gasteiger partial charge in [0, 0.05) is 12.1 Å². The molecule has 0 spiro atoms. The van der Waals surface area contributed by atoms with E-state index < -0.39 is 0 Å². The summed E-state index contributed by atoms with van der Waals surface area (Å²) in [6, 6.07) is 5.59. The van der Waals surface area contributed by atoms with Crippen molar-refractivity contribution < 1.29 is 9.18 Å². The molecule has 1 saturated carbocycles. The van der Waals surface area contributed by atoms with Crippen molar-refractivity contribution in [2.75, 3.05) is 6.54 Å². The van der Waals surface area contributed by atoms with Gasteiger partial charge in [0.05, 0.1) is 0 Å². The van der Waals surface area contributed by atoms with E-state index in [1.807, 2.05) is 0 Å². The van der Waals surface area contributed by atoms with Crippen LogP contribution in [0.3, 0.4) is 0 Å². The van der Waals surface area contributed by atoms with Gasteiger partial charge in [0.25, 0.3) is 5.91 Å². The molecular formula is C11H12FNO. The van der Waals surface area contributed by atoms with E-state index in [1.165, 1.54) is 37.1 Å². The molecule has 1 fully saturated rings. The first-order chi connectivity index (χ1) is 6.75. The molecule has 1 aromatic rings. The predicted octanol–water partition coefficient (Wildman–Crippen LogP) is 1.97. The zero-order valence-electron chi connectivity index (χ0n) is 7.79. The first-order valence-electron chi connectivity index (χ1n) is 4.79. The van der Waals surface area contributed by atoms with E-state index in [0.29, 0.717) is 11.5 Å². The molecule has 1 N–H and O–H groups in total. The van der Waals surface area contributed by atoms with Gasteiger partial charge in [-0.1, -0.05) is 0 Å². The van der Waals surface area contributed by atoms with Gasteiger partial charge in [0.1, 0.15) is 5.82 Å². The SMILES string of the molecule is O=C(NCC1CC1)c1ccc(F)cc1. The second-order valence-electron chi connectivity index (χ2n) is 3.66. The van der Waals surface area contributed by atoms with E-state index in [0.717, 1.165) is 6.54 Å². The summed E-state index contributed by atoms with van der Waals surface area (Å²) in [6.45, 7) is 0.746. The molecule has 74 valence electrons. The van der Waals surface area contributed by atoms with Crippen molar-refractivity contribution >= 4 is 5.91 Å². The predicted molar refractivity (Wildman–Crippen MR) is 51.5 cm³/mol. The number of nitrogens with one attached hydrogen (secondary N) is 1. The second-order valence-corrected chi connectivity index (χ2v) is 3.66. The largest absolute Gasteiger partial charge is 0.352 e. The summed E-state index contributed by atoms with van der Waals surface area (Å²) in [4.78, 5) is 11.5. The third-order valence-electron chi connectivity index (χ3n) is 2.35. The molecule has 14 heavy (non-hydrogen) atoms. The molecular weight excluding hydrogens is 181 g/mol. The topological polar surface area (TPSA) is 29.1 Å². The second kappa shape index (κ2) is 3.78. The standard InChI is InChI=1S/C11H12FNO/c12-10-5-3-9(4-6-10)11(14)13-7-8-1-2-8/h3-6,8H,1-2,7H2,(H,13,14).